The molecule has 116 valence electrons. The minimum Gasteiger partial charge on any atom is -0.355 e. The van der Waals surface area contributed by atoms with E-state index in [1.54, 1.807) is 0 Å². The third-order valence-corrected chi connectivity index (χ3v) is 4.38. The zero-order chi connectivity index (χ0) is 15.6. The van der Waals surface area contributed by atoms with Gasteiger partial charge in [0.25, 0.3) is 0 Å². The molecule has 1 N–H and O–H groups in total. The Hall–Kier alpha value is -2.17. The summed E-state index contributed by atoms with van der Waals surface area (Å²) in [4.78, 5) is 12.5. The molecule has 0 unspecified atom stereocenters. The number of amides is 1. The fourth-order valence-corrected chi connectivity index (χ4v) is 2.89. The number of hydrogen-bond acceptors (Lipinski definition) is 3. The van der Waals surface area contributed by atoms with Crippen molar-refractivity contribution in [3.05, 3.63) is 47.5 Å². The maximum atomic E-state index is 12.5. The van der Waals surface area contributed by atoms with E-state index in [9.17, 15) is 4.79 Å². The summed E-state index contributed by atoms with van der Waals surface area (Å²) in [6.45, 7) is 5.49. The van der Waals surface area contributed by atoms with E-state index in [4.69, 9.17) is 0 Å². The highest BCUT2D eigenvalue weighted by Gasteiger charge is 2.29. The van der Waals surface area contributed by atoms with Crippen molar-refractivity contribution in [1.29, 1.82) is 0 Å². The maximum Gasteiger partial charge on any atom is 0.230 e. The predicted molar refractivity (Wildman–Crippen MR) is 84.5 cm³/mol. The number of nitrogens with one attached hydrogen (secondary N) is 1. The average Bonchev–Trinajstić information content (AvgIpc) is 3.12. The molecule has 1 aromatic heterocycles. The lowest BCUT2D eigenvalue weighted by molar-refractivity contribution is -0.125. The molecule has 0 saturated carbocycles. The number of aryl methyl sites for hydroxylation is 1. The molecule has 0 fully saturated rings. The van der Waals surface area contributed by atoms with Crippen LogP contribution in [0.1, 0.15) is 37.5 Å². The third kappa shape index (κ3) is 2.75. The van der Waals surface area contributed by atoms with Crippen molar-refractivity contribution in [3.63, 3.8) is 0 Å². The van der Waals surface area contributed by atoms with Crippen molar-refractivity contribution in [3.8, 4) is 0 Å². The molecule has 1 aliphatic rings. The summed E-state index contributed by atoms with van der Waals surface area (Å²) in [5, 5.41) is 11.4. The summed E-state index contributed by atoms with van der Waals surface area (Å²) in [6.07, 6.45) is 2.88. The Balaban J connectivity index is 1.58. The van der Waals surface area contributed by atoms with Crippen LogP contribution in [0.5, 0.6) is 0 Å². The van der Waals surface area contributed by atoms with Gasteiger partial charge in [-0.05, 0) is 25.8 Å². The van der Waals surface area contributed by atoms with Gasteiger partial charge in [0.15, 0.2) is 0 Å². The number of nitrogens with zero attached hydrogens (tertiary/aromatic N) is 3. The second-order valence-corrected chi connectivity index (χ2v) is 6.28. The molecule has 1 aromatic carbocycles. The minimum absolute atomic E-state index is 0.0415. The highest BCUT2D eigenvalue weighted by atomic mass is 16.2. The first-order valence-corrected chi connectivity index (χ1v) is 7.84. The fourth-order valence-electron chi connectivity index (χ4n) is 2.89. The van der Waals surface area contributed by atoms with Gasteiger partial charge >= 0.3 is 0 Å². The Morgan fingerprint density at radius 1 is 1.27 bits per heavy atom. The van der Waals surface area contributed by atoms with Crippen LogP contribution in [0.4, 0.5) is 0 Å². The van der Waals surface area contributed by atoms with Gasteiger partial charge in [-0.3, -0.25) is 4.79 Å². The Labute approximate surface area is 130 Å². The molecule has 0 atom stereocenters. The first-order valence-electron chi connectivity index (χ1n) is 7.84. The molecule has 2 aromatic rings. The van der Waals surface area contributed by atoms with E-state index in [2.05, 4.69) is 20.1 Å². The van der Waals surface area contributed by atoms with Crippen molar-refractivity contribution in [1.82, 2.24) is 20.1 Å². The Morgan fingerprint density at radius 3 is 2.82 bits per heavy atom. The molecule has 22 heavy (non-hydrogen) atoms. The van der Waals surface area contributed by atoms with Crippen molar-refractivity contribution >= 4 is 5.91 Å². The van der Waals surface area contributed by atoms with E-state index in [1.807, 2.05) is 44.2 Å². The number of rotatable bonds is 5. The summed E-state index contributed by atoms with van der Waals surface area (Å²) < 4.78 is 2.18. The molecule has 0 aliphatic carbocycles. The largest absolute Gasteiger partial charge is 0.355 e. The third-order valence-electron chi connectivity index (χ3n) is 4.38. The van der Waals surface area contributed by atoms with Crippen LogP contribution < -0.4 is 5.32 Å². The lowest BCUT2D eigenvalue weighted by Gasteiger charge is -2.24. The first-order chi connectivity index (χ1) is 10.6. The molecule has 1 amide bonds. The van der Waals surface area contributed by atoms with Gasteiger partial charge in [0, 0.05) is 25.9 Å². The molecule has 5 nitrogen and oxygen atoms in total. The summed E-state index contributed by atoms with van der Waals surface area (Å²) in [5.41, 5.74) is 0.490. The Morgan fingerprint density at radius 2 is 2.05 bits per heavy atom. The van der Waals surface area contributed by atoms with Gasteiger partial charge in [-0.25, -0.2) is 0 Å². The lowest BCUT2D eigenvalue weighted by atomic mass is 9.84. The van der Waals surface area contributed by atoms with Gasteiger partial charge < -0.3 is 9.88 Å². The lowest BCUT2D eigenvalue weighted by Crippen LogP contribution is -2.41. The normalized spacial score (nSPS) is 13.9. The van der Waals surface area contributed by atoms with Crippen LogP contribution in [-0.4, -0.2) is 27.2 Å². The van der Waals surface area contributed by atoms with Crippen LogP contribution in [0.3, 0.4) is 0 Å². The zero-order valence-corrected chi connectivity index (χ0v) is 13.2. The van der Waals surface area contributed by atoms with Gasteiger partial charge in [0.2, 0.25) is 5.91 Å². The maximum absolute atomic E-state index is 12.5. The predicted octanol–water partition coefficient (Wildman–Crippen LogP) is 1.86. The van der Waals surface area contributed by atoms with Gasteiger partial charge in [-0.2, -0.15) is 0 Å². The van der Waals surface area contributed by atoms with E-state index < -0.39 is 5.41 Å². The molecule has 0 saturated heterocycles. The summed E-state index contributed by atoms with van der Waals surface area (Å²) >= 11 is 0. The zero-order valence-electron chi connectivity index (χ0n) is 13.2. The van der Waals surface area contributed by atoms with Crippen molar-refractivity contribution in [2.75, 3.05) is 6.54 Å². The molecule has 0 spiro atoms. The molecule has 3 rings (SSSR count). The first kappa shape index (κ1) is 14.8. The number of carbonyl (C=O) groups is 1. The average molecular weight is 298 g/mol. The molecular weight excluding hydrogens is 276 g/mol. The van der Waals surface area contributed by atoms with Crippen molar-refractivity contribution in [2.45, 2.75) is 45.1 Å². The van der Waals surface area contributed by atoms with E-state index in [0.29, 0.717) is 6.54 Å². The van der Waals surface area contributed by atoms with Crippen LogP contribution in [0.25, 0.3) is 0 Å². The monoisotopic (exact) mass is 298 g/mol. The summed E-state index contributed by atoms with van der Waals surface area (Å²) in [6, 6.07) is 9.87. The van der Waals surface area contributed by atoms with Crippen LogP contribution in [-0.2, 0) is 29.6 Å². The van der Waals surface area contributed by atoms with Crippen molar-refractivity contribution in [2.24, 2.45) is 0 Å². The minimum atomic E-state index is -0.534. The van der Waals surface area contributed by atoms with E-state index in [0.717, 1.165) is 43.0 Å². The topological polar surface area (TPSA) is 59.8 Å². The number of fused-ring (bicyclic) bond motifs is 1. The molecule has 0 radical (unpaired) electrons. The summed E-state index contributed by atoms with van der Waals surface area (Å²) in [7, 11) is 0. The standard InChI is InChI=1S/C17H22N4O/c1-17(2,13-7-4-3-5-8-13)16(22)18-11-10-15-20-19-14-9-6-12-21(14)15/h3-5,7-8H,6,9-12H2,1-2H3,(H,18,22). The molecule has 0 bridgehead atoms. The molecule has 2 heterocycles. The second-order valence-electron chi connectivity index (χ2n) is 6.28. The van der Waals surface area contributed by atoms with Crippen LogP contribution in [0.15, 0.2) is 30.3 Å². The molecule has 5 heteroatoms. The number of aromatic nitrogens is 3. The highest BCUT2D eigenvalue weighted by molar-refractivity contribution is 5.87. The van der Waals surface area contributed by atoms with Crippen LogP contribution in [0.2, 0.25) is 0 Å². The Kier molecular flexibility index (Phi) is 3.96. The van der Waals surface area contributed by atoms with Crippen LogP contribution in [0, 0.1) is 0 Å². The number of benzene rings is 1. The SMILES string of the molecule is CC(C)(C(=O)NCCc1nnc2n1CCC2)c1ccccc1. The smallest absolute Gasteiger partial charge is 0.230 e. The molecular formula is C17H22N4O. The van der Waals surface area contributed by atoms with Gasteiger partial charge in [-0.15, -0.1) is 10.2 Å². The van der Waals surface area contributed by atoms with Gasteiger partial charge in [0.05, 0.1) is 5.41 Å². The van der Waals surface area contributed by atoms with Crippen LogP contribution >= 0.6 is 0 Å². The highest BCUT2D eigenvalue weighted by Crippen LogP contribution is 2.22. The van der Waals surface area contributed by atoms with E-state index >= 15 is 0 Å². The molecule has 1 aliphatic heterocycles. The van der Waals surface area contributed by atoms with Gasteiger partial charge in [0.1, 0.15) is 11.6 Å². The Bertz CT molecular complexity index is 661. The number of carbonyl (C=O) groups excluding carboxylic acids is 1. The van der Waals surface area contributed by atoms with Crippen molar-refractivity contribution < 1.29 is 4.79 Å². The fraction of sp³-hybridized carbons (Fsp3) is 0.471. The number of hydrogen-bond donors (Lipinski definition) is 1. The van der Waals surface area contributed by atoms with Gasteiger partial charge in [-0.1, -0.05) is 30.3 Å². The van der Waals surface area contributed by atoms with E-state index in [-0.39, 0.29) is 5.91 Å². The van der Waals surface area contributed by atoms with E-state index in [1.165, 1.54) is 0 Å². The summed E-state index contributed by atoms with van der Waals surface area (Å²) in [5.74, 6) is 2.09. The quantitative estimate of drug-likeness (QED) is 0.916. The second kappa shape index (κ2) is 5.91.